The van der Waals surface area contributed by atoms with Crippen molar-refractivity contribution in [3.8, 4) is 22.9 Å². The van der Waals surface area contributed by atoms with Crippen LogP contribution < -0.4 is 10.1 Å². The summed E-state index contributed by atoms with van der Waals surface area (Å²) in [6.07, 6.45) is 0.0433. The van der Waals surface area contributed by atoms with Crippen LogP contribution in [0.3, 0.4) is 0 Å². The first kappa shape index (κ1) is 18.4. The van der Waals surface area contributed by atoms with Crippen molar-refractivity contribution in [3.05, 3.63) is 72.8 Å². The third kappa shape index (κ3) is 4.49. The van der Waals surface area contributed by atoms with E-state index in [1.807, 2.05) is 0 Å². The molecule has 0 spiro atoms. The van der Waals surface area contributed by atoms with E-state index in [0.29, 0.717) is 22.9 Å². The Morgan fingerprint density at radius 3 is 2.48 bits per heavy atom. The van der Waals surface area contributed by atoms with E-state index in [-0.39, 0.29) is 11.6 Å². The van der Waals surface area contributed by atoms with E-state index in [1.165, 1.54) is 30.9 Å². The lowest BCUT2D eigenvalue weighted by molar-refractivity contribution is -0.137. The zero-order valence-electron chi connectivity index (χ0n) is 14.7. The molecule has 146 valence electrons. The Morgan fingerprint density at radius 2 is 1.69 bits per heavy atom. The Kier molecular flexibility index (Phi) is 4.82. The highest BCUT2D eigenvalue weighted by atomic mass is 19.4. The minimum absolute atomic E-state index is 0.210. The average molecular weight is 398 g/mol. The Hall–Kier alpha value is -3.95. The molecule has 0 bridgehead atoms. The number of nitrogens with zero attached hydrogens (tertiary/aromatic N) is 4. The summed E-state index contributed by atoms with van der Waals surface area (Å²) in [6.45, 7) is 0. The van der Waals surface area contributed by atoms with Crippen molar-refractivity contribution in [1.82, 2.24) is 25.1 Å². The Balaban J connectivity index is 1.52. The van der Waals surface area contributed by atoms with Gasteiger partial charge < -0.3 is 15.0 Å². The number of nitrogens with one attached hydrogen (secondary N) is 2. The molecule has 0 fully saturated rings. The summed E-state index contributed by atoms with van der Waals surface area (Å²) in [7, 11) is 0. The lowest BCUT2D eigenvalue weighted by Crippen LogP contribution is -2.05. The normalized spacial score (nSPS) is 11.3. The first-order valence-corrected chi connectivity index (χ1v) is 8.38. The maximum atomic E-state index is 12.8. The van der Waals surface area contributed by atoms with Crippen LogP contribution >= 0.6 is 0 Å². The van der Waals surface area contributed by atoms with Crippen LogP contribution in [-0.4, -0.2) is 25.1 Å². The third-order valence-electron chi connectivity index (χ3n) is 3.82. The molecule has 0 aliphatic rings. The van der Waals surface area contributed by atoms with Crippen molar-refractivity contribution in [2.45, 2.75) is 6.18 Å². The fourth-order valence-corrected chi connectivity index (χ4v) is 2.54. The fourth-order valence-electron chi connectivity index (χ4n) is 2.54. The number of H-pyrrole nitrogens is 1. The lowest BCUT2D eigenvalue weighted by Gasteiger charge is -2.08. The number of hydrogen-bond donors (Lipinski definition) is 2. The molecule has 2 heterocycles. The molecule has 7 nitrogen and oxygen atoms in total. The zero-order chi connectivity index (χ0) is 20.3. The van der Waals surface area contributed by atoms with Gasteiger partial charge in [-0.3, -0.25) is 0 Å². The summed E-state index contributed by atoms with van der Waals surface area (Å²) in [5.41, 5.74) is 0.171. The van der Waals surface area contributed by atoms with Crippen LogP contribution in [0.5, 0.6) is 11.5 Å². The summed E-state index contributed by atoms with van der Waals surface area (Å²) >= 11 is 0. The highest BCUT2D eigenvalue weighted by Crippen LogP contribution is 2.31. The van der Waals surface area contributed by atoms with E-state index in [0.717, 1.165) is 12.1 Å². The van der Waals surface area contributed by atoms with Crippen molar-refractivity contribution in [2.75, 3.05) is 5.32 Å². The van der Waals surface area contributed by atoms with Gasteiger partial charge in [0.2, 0.25) is 5.95 Å². The van der Waals surface area contributed by atoms with Gasteiger partial charge in [-0.25, -0.2) is 9.97 Å². The molecule has 0 aliphatic carbocycles. The average Bonchev–Trinajstić information content (AvgIpc) is 3.17. The molecule has 0 atom stereocenters. The zero-order valence-corrected chi connectivity index (χ0v) is 14.7. The molecular weight excluding hydrogens is 385 g/mol. The van der Waals surface area contributed by atoms with Crippen molar-refractivity contribution < 1.29 is 17.9 Å². The molecule has 0 unspecified atom stereocenters. The van der Waals surface area contributed by atoms with Gasteiger partial charge >= 0.3 is 6.18 Å². The molecule has 29 heavy (non-hydrogen) atoms. The molecule has 2 aromatic heterocycles. The second-order valence-corrected chi connectivity index (χ2v) is 5.93. The van der Waals surface area contributed by atoms with Gasteiger partial charge in [0.15, 0.2) is 11.6 Å². The standard InChI is InChI=1S/C19H13F3N6O/c20-19(21,22)13-4-2-5-14(8-13)25-18-26-17(27-28-18)12-3-1-6-15(7-12)29-16-9-23-11-24-10-16/h1-11H,(H2,25,26,27,28). The van der Waals surface area contributed by atoms with Gasteiger partial charge in [-0.1, -0.05) is 18.2 Å². The number of hydrogen-bond acceptors (Lipinski definition) is 6. The first-order valence-electron chi connectivity index (χ1n) is 8.38. The van der Waals surface area contributed by atoms with E-state index in [1.54, 1.807) is 24.3 Å². The van der Waals surface area contributed by atoms with E-state index < -0.39 is 11.7 Å². The number of aromatic amines is 1. The van der Waals surface area contributed by atoms with Gasteiger partial charge in [-0.15, -0.1) is 10.2 Å². The molecule has 0 saturated heterocycles. The molecule has 0 saturated carbocycles. The SMILES string of the molecule is FC(F)(F)c1cccc(Nc2nnc(-c3cccc(Oc4cncnc4)c3)[nH]2)c1. The summed E-state index contributed by atoms with van der Waals surface area (Å²) in [4.78, 5) is 10.7. The van der Waals surface area contributed by atoms with Gasteiger partial charge in [-0.05, 0) is 30.3 Å². The van der Waals surface area contributed by atoms with Crippen LogP contribution in [-0.2, 0) is 6.18 Å². The largest absolute Gasteiger partial charge is 0.454 e. The lowest BCUT2D eigenvalue weighted by atomic mass is 10.2. The third-order valence-corrected chi connectivity index (χ3v) is 3.82. The van der Waals surface area contributed by atoms with Crippen molar-refractivity contribution in [1.29, 1.82) is 0 Å². The molecule has 4 aromatic rings. The number of anilines is 2. The van der Waals surface area contributed by atoms with Crippen molar-refractivity contribution in [2.24, 2.45) is 0 Å². The van der Waals surface area contributed by atoms with Gasteiger partial charge in [0.05, 0.1) is 18.0 Å². The molecule has 2 aromatic carbocycles. The summed E-state index contributed by atoms with van der Waals surface area (Å²) < 4.78 is 44.2. The minimum Gasteiger partial charge on any atom is -0.454 e. The maximum absolute atomic E-state index is 12.8. The van der Waals surface area contributed by atoms with Crippen molar-refractivity contribution in [3.63, 3.8) is 0 Å². The molecular formula is C19H13F3N6O. The summed E-state index contributed by atoms with van der Waals surface area (Å²) in [6, 6.07) is 11.9. The number of rotatable bonds is 5. The van der Waals surface area contributed by atoms with E-state index in [9.17, 15) is 13.2 Å². The molecule has 0 radical (unpaired) electrons. The van der Waals surface area contributed by atoms with Gasteiger partial charge in [0, 0.05) is 11.3 Å². The highest BCUT2D eigenvalue weighted by Gasteiger charge is 2.30. The highest BCUT2D eigenvalue weighted by molar-refractivity contribution is 5.61. The number of benzene rings is 2. The Labute approximate surface area is 162 Å². The smallest absolute Gasteiger partial charge is 0.416 e. The molecule has 0 aliphatic heterocycles. The van der Waals surface area contributed by atoms with E-state index in [4.69, 9.17) is 4.74 Å². The van der Waals surface area contributed by atoms with Crippen LogP contribution in [0.1, 0.15) is 5.56 Å². The second kappa shape index (κ2) is 7.58. The number of aromatic nitrogens is 5. The second-order valence-electron chi connectivity index (χ2n) is 5.93. The monoisotopic (exact) mass is 398 g/mol. The predicted molar refractivity (Wildman–Crippen MR) is 98.7 cm³/mol. The topological polar surface area (TPSA) is 88.6 Å². The Bertz CT molecular complexity index is 1110. The predicted octanol–water partition coefficient (Wildman–Crippen LogP) is 4.82. The molecule has 0 amide bonds. The first-order chi connectivity index (χ1) is 14.0. The summed E-state index contributed by atoms with van der Waals surface area (Å²) in [5, 5.41) is 10.8. The maximum Gasteiger partial charge on any atom is 0.416 e. The van der Waals surface area contributed by atoms with Gasteiger partial charge in [-0.2, -0.15) is 13.2 Å². The number of ether oxygens (including phenoxy) is 1. The number of halogens is 3. The van der Waals surface area contributed by atoms with Gasteiger partial charge in [0.25, 0.3) is 0 Å². The van der Waals surface area contributed by atoms with Crippen LogP contribution in [0.4, 0.5) is 24.8 Å². The minimum atomic E-state index is -4.42. The van der Waals surface area contributed by atoms with E-state index in [2.05, 4.69) is 30.5 Å². The van der Waals surface area contributed by atoms with Crippen LogP contribution in [0.25, 0.3) is 11.4 Å². The van der Waals surface area contributed by atoms with Crippen LogP contribution in [0.2, 0.25) is 0 Å². The van der Waals surface area contributed by atoms with Crippen LogP contribution in [0.15, 0.2) is 67.3 Å². The van der Waals surface area contributed by atoms with Gasteiger partial charge in [0.1, 0.15) is 12.1 Å². The quantitative estimate of drug-likeness (QED) is 0.501. The molecule has 10 heteroatoms. The van der Waals surface area contributed by atoms with E-state index >= 15 is 0 Å². The van der Waals surface area contributed by atoms with Crippen molar-refractivity contribution >= 4 is 11.6 Å². The summed E-state index contributed by atoms with van der Waals surface area (Å²) in [5.74, 6) is 1.66. The fraction of sp³-hybridized carbons (Fsp3) is 0.0526. The number of alkyl halides is 3. The Morgan fingerprint density at radius 1 is 0.897 bits per heavy atom. The molecule has 2 N–H and O–H groups in total. The van der Waals surface area contributed by atoms with Crippen LogP contribution in [0, 0.1) is 0 Å². The molecule has 4 rings (SSSR count).